The molecule has 2 N–H and O–H groups in total. The average Bonchev–Trinajstić information content (AvgIpc) is 2.26. The fourth-order valence-corrected chi connectivity index (χ4v) is 2.09. The lowest BCUT2D eigenvalue weighted by molar-refractivity contribution is 0.621. The largest absolute Gasteiger partial charge is 0.372 e. The molecule has 0 spiro atoms. The molecule has 2 nitrogen and oxygen atoms in total. The van der Waals surface area contributed by atoms with E-state index in [0.717, 1.165) is 30.8 Å². The lowest BCUT2D eigenvalue weighted by Crippen LogP contribution is -2.26. The predicted molar refractivity (Wildman–Crippen MR) is 71.9 cm³/mol. The maximum absolute atomic E-state index is 13.3. The molecule has 0 amide bonds. The van der Waals surface area contributed by atoms with Crippen molar-refractivity contribution in [3.8, 4) is 0 Å². The standard InChI is InChI=1S/C14H23FN2/c1-4-8-17(5-2)14-7-6-13(15)10-12(14)9-11(3)16/h6-7,10-11H,4-5,8-9,16H2,1-3H3. The van der Waals surface area contributed by atoms with Crippen LogP contribution in [0.3, 0.4) is 0 Å². The first-order chi connectivity index (χ1) is 8.08. The van der Waals surface area contributed by atoms with Crippen molar-refractivity contribution in [2.75, 3.05) is 18.0 Å². The Morgan fingerprint density at radius 1 is 1.35 bits per heavy atom. The maximum Gasteiger partial charge on any atom is 0.123 e. The monoisotopic (exact) mass is 238 g/mol. The Bertz CT molecular complexity index is 350. The zero-order valence-electron chi connectivity index (χ0n) is 11.0. The van der Waals surface area contributed by atoms with Crippen molar-refractivity contribution in [3.63, 3.8) is 0 Å². The van der Waals surface area contributed by atoms with Gasteiger partial charge < -0.3 is 10.6 Å². The Hall–Kier alpha value is -1.09. The molecule has 0 heterocycles. The predicted octanol–water partition coefficient (Wildman–Crippen LogP) is 2.95. The zero-order valence-corrected chi connectivity index (χ0v) is 11.0. The highest BCUT2D eigenvalue weighted by Crippen LogP contribution is 2.23. The Morgan fingerprint density at radius 3 is 2.59 bits per heavy atom. The molecule has 1 aromatic carbocycles. The average molecular weight is 238 g/mol. The summed E-state index contributed by atoms with van der Waals surface area (Å²) in [6, 6.07) is 5.05. The van der Waals surface area contributed by atoms with Gasteiger partial charge in [0, 0.05) is 24.8 Å². The van der Waals surface area contributed by atoms with E-state index >= 15 is 0 Å². The van der Waals surface area contributed by atoms with Gasteiger partial charge in [0.2, 0.25) is 0 Å². The van der Waals surface area contributed by atoms with Gasteiger partial charge in [-0.2, -0.15) is 0 Å². The van der Waals surface area contributed by atoms with Gasteiger partial charge >= 0.3 is 0 Å². The molecule has 0 saturated carbocycles. The van der Waals surface area contributed by atoms with Gasteiger partial charge in [0.15, 0.2) is 0 Å². The molecule has 1 rings (SSSR count). The van der Waals surface area contributed by atoms with Crippen LogP contribution in [-0.4, -0.2) is 19.1 Å². The van der Waals surface area contributed by atoms with Crippen LogP contribution >= 0.6 is 0 Å². The van der Waals surface area contributed by atoms with Gasteiger partial charge in [-0.1, -0.05) is 6.92 Å². The number of hydrogen-bond donors (Lipinski definition) is 1. The minimum absolute atomic E-state index is 0.0517. The van der Waals surface area contributed by atoms with Crippen molar-refractivity contribution in [2.24, 2.45) is 5.73 Å². The van der Waals surface area contributed by atoms with E-state index in [4.69, 9.17) is 5.73 Å². The van der Waals surface area contributed by atoms with Gasteiger partial charge in [0.05, 0.1) is 0 Å². The second-order valence-electron chi connectivity index (χ2n) is 4.53. The van der Waals surface area contributed by atoms with Crippen molar-refractivity contribution in [1.29, 1.82) is 0 Å². The van der Waals surface area contributed by atoms with Crippen LogP contribution in [0.2, 0.25) is 0 Å². The third kappa shape index (κ3) is 4.00. The van der Waals surface area contributed by atoms with E-state index in [-0.39, 0.29) is 11.9 Å². The Balaban J connectivity index is 3.02. The summed E-state index contributed by atoms with van der Waals surface area (Å²) in [5, 5.41) is 0. The number of halogens is 1. The smallest absolute Gasteiger partial charge is 0.123 e. The molecule has 0 aliphatic heterocycles. The van der Waals surface area contributed by atoms with Crippen molar-refractivity contribution in [2.45, 2.75) is 39.7 Å². The summed E-state index contributed by atoms with van der Waals surface area (Å²) in [5.74, 6) is -0.183. The van der Waals surface area contributed by atoms with Gasteiger partial charge in [-0.25, -0.2) is 4.39 Å². The van der Waals surface area contributed by atoms with Crippen LogP contribution in [0.15, 0.2) is 18.2 Å². The van der Waals surface area contributed by atoms with Crippen LogP contribution in [0.25, 0.3) is 0 Å². The molecule has 1 aromatic rings. The van der Waals surface area contributed by atoms with Gasteiger partial charge in [-0.15, -0.1) is 0 Å². The van der Waals surface area contributed by atoms with Crippen molar-refractivity contribution in [1.82, 2.24) is 0 Å². The molecule has 0 aliphatic rings. The highest BCUT2D eigenvalue weighted by molar-refractivity contribution is 5.54. The minimum atomic E-state index is -0.183. The number of hydrogen-bond acceptors (Lipinski definition) is 2. The number of nitrogens with zero attached hydrogens (tertiary/aromatic N) is 1. The van der Waals surface area contributed by atoms with Crippen LogP contribution < -0.4 is 10.6 Å². The fourth-order valence-electron chi connectivity index (χ4n) is 2.09. The minimum Gasteiger partial charge on any atom is -0.372 e. The maximum atomic E-state index is 13.3. The normalized spacial score (nSPS) is 12.5. The van der Waals surface area contributed by atoms with Crippen LogP contribution in [0, 0.1) is 5.82 Å². The number of anilines is 1. The lowest BCUT2D eigenvalue weighted by Gasteiger charge is -2.26. The van der Waals surface area contributed by atoms with Crippen molar-refractivity contribution in [3.05, 3.63) is 29.6 Å². The molecule has 0 saturated heterocycles. The van der Waals surface area contributed by atoms with Crippen molar-refractivity contribution >= 4 is 5.69 Å². The van der Waals surface area contributed by atoms with E-state index in [9.17, 15) is 4.39 Å². The summed E-state index contributed by atoms with van der Waals surface area (Å²) in [6.45, 7) is 8.15. The molecule has 1 atom stereocenters. The summed E-state index contributed by atoms with van der Waals surface area (Å²) < 4.78 is 13.3. The van der Waals surface area contributed by atoms with E-state index in [1.165, 1.54) is 6.07 Å². The third-order valence-corrected chi connectivity index (χ3v) is 2.80. The van der Waals surface area contributed by atoms with Gasteiger partial charge in [0.25, 0.3) is 0 Å². The van der Waals surface area contributed by atoms with E-state index < -0.39 is 0 Å². The molecule has 3 heteroatoms. The van der Waals surface area contributed by atoms with Gasteiger partial charge in [-0.05, 0) is 50.5 Å². The summed E-state index contributed by atoms with van der Waals surface area (Å²) in [5.41, 5.74) is 7.95. The number of rotatable bonds is 6. The van der Waals surface area contributed by atoms with Gasteiger partial charge in [-0.3, -0.25) is 0 Å². The first kappa shape index (κ1) is 14.0. The SMILES string of the molecule is CCCN(CC)c1ccc(F)cc1CC(C)N. The highest BCUT2D eigenvalue weighted by Gasteiger charge is 2.11. The summed E-state index contributed by atoms with van der Waals surface area (Å²) >= 11 is 0. The molecule has 96 valence electrons. The van der Waals surface area contributed by atoms with E-state index in [0.29, 0.717) is 6.42 Å². The van der Waals surface area contributed by atoms with Crippen LogP contribution in [0.1, 0.15) is 32.8 Å². The molecule has 0 aliphatic carbocycles. The number of nitrogens with two attached hydrogens (primary N) is 1. The Kier molecular flexibility index (Phi) is 5.42. The van der Waals surface area contributed by atoms with Crippen LogP contribution in [0.4, 0.5) is 10.1 Å². The van der Waals surface area contributed by atoms with Crippen molar-refractivity contribution < 1.29 is 4.39 Å². The second-order valence-corrected chi connectivity index (χ2v) is 4.53. The summed E-state index contributed by atoms with van der Waals surface area (Å²) in [6.07, 6.45) is 1.80. The first-order valence-corrected chi connectivity index (χ1v) is 6.37. The van der Waals surface area contributed by atoms with Crippen LogP contribution in [-0.2, 0) is 6.42 Å². The molecule has 17 heavy (non-hydrogen) atoms. The third-order valence-electron chi connectivity index (χ3n) is 2.80. The summed E-state index contributed by atoms with van der Waals surface area (Å²) in [4.78, 5) is 2.27. The quantitative estimate of drug-likeness (QED) is 0.825. The van der Waals surface area contributed by atoms with Gasteiger partial charge in [0.1, 0.15) is 5.82 Å². The molecule has 0 radical (unpaired) electrons. The van der Waals surface area contributed by atoms with E-state index in [1.54, 1.807) is 6.07 Å². The molecule has 1 unspecified atom stereocenters. The lowest BCUT2D eigenvalue weighted by atomic mass is 10.0. The fraction of sp³-hybridized carbons (Fsp3) is 0.571. The first-order valence-electron chi connectivity index (χ1n) is 6.37. The van der Waals surface area contributed by atoms with Crippen LogP contribution in [0.5, 0.6) is 0 Å². The second kappa shape index (κ2) is 6.60. The molecular formula is C14H23FN2. The molecule has 0 fully saturated rings. The Morgan fingerprint density at radius 2 is 2.06 bits per heavy atom. The van der Waals surface area contributed by atoms with E-state index in [1.807, 2.05) is 13.0 Å². The Labute approximate surface area is 104 Å². The zero-order chi connectivity index (χ0) is 12.8. The molecule has 0 aromatic heterocycles. The molecule has 0 bridgehead atoms. The summed E-state index contributed by atoms with van der Waals surface area (Å²) in [7, 11) is 0. The van der Waals surface area contributed by atoms with E-state index in [2.05, 4.69) is 18.7 Å². The number of benzene rings is 1. The topological polar surface area (TPSA) is 29.3 Å². The molecular weight excluding hydrogens is 215 g/mol. The highest BCUT2D eigenvalue weighted by atomic mass is 19.1.